The van der Waals surface area contributed by atoms with Crippen LogP contribution in [0.15, 0.2) is 36.4 Å². The van der Waals surface area contributed by atoms with Crippen molar-refractivity contribution in [3.63, 3.8) is 0 Å². The van der Waals surface area contributed by atoms with Crippen LogP contribution in [0.25, 0.3) is 11.1 Å². The van der Waals surface area contributed by atoms with Crippen LogP contribution >= 0.6 is 0 Å². The van der Waals surface area contributed by atoms with Crippen molar-refractivity contribution in [3.8, 4) is 16.9 Å². The molecule has 2 aromatic rings. The lowest BCUT2D eigenvalue weighted by molar-refractivity contribution is -0.181. The van der Waals surface area contributed by atoms with E-state index in [4.69, 9.17) is 5.73 Å². The monoisotopic (exact) mass is 533 g/mol. The molecule has 0 saturated heterocycles. The van der Waals surface area contributed by atoms with Crippen LogP contribution in [0, 0.1) is 23.7 Å². The number of phenols is 1. The largest absolute Gasteiger partial charge is 0.507 e. The molecule has 3 aliphatic carbocycles. The van der Waals surface area contributed by atoms with Crippen molar-refractivity contribution in [1.29, 1.82) is 0 Å². The van der Waals surface area contributed by atoms with Gasteiger partial charge in [0, 0.05) is 18.2 Å². The Labute approximate surface area is 225 Å². The Balaban J connectivity index is 1.62. The molecule has 2 saturated carbocycles. The second kappa shape index (κ2) is 9.39. The lowest BCUT2D eigenvalue weighted by atomic mass is 9.52. The number of benzene rings is 2. The van der Waals surface area contributed by atoms with Gasteiger partial charge in [-0.25, -0.2) is 0 Å². The van der Waals surface area contributed by atoms with Gasteiger partial charge in [-0.15, -0.1) is 0 Å². The third kappa shape index (κ3) is 3.81. The fourth-order valence-corrected chi connectivity index (χ4v) is 6.85. The number of nitrogens with zero attached hydrogens (tertiary/aromatic N) is 1. The second-order valence-electron chi connectivity index (χ2n) is 10.9. The molecule has 6 atom stereocenters. The van der Waals surface area contributed by atoms with Gasteiger partial charge >= 0.3 is 0 Å². The first-order valence-electron chi connectivity index (χ1n) is 13.0. The number of likely N-dealkylation sites (N-methyl/N-ethyl adjacent to an activating group) is 1. The molecule has 0 aromatic heterocycles. The highest BCUT2D eigenvalue weighted by atomic mass is 16.3. The molecule has 2 fully saturated rings. The minimum Gasteiger partial charge on any atom is -0.507 e. The second-order valence-corrected chi connectivity index (χ2v) is 10.9. The molecule has 5 N–H and O–H groups in total. The Bertz CT molecular complexity index is 1420. The van der Waals surface area contributed by atoms with Gasteiger partial charge in [0.15, 0.2) is 34.7 Å². The van der Waals surface area contributed by atoms with Gasteiger partial charge < -0.3 is 21.3 Å². The van der Waals surface area contributed by atoms with Crippen LogP contribution in [-0.4, -0.2) is 76.4 Å². The van der Waals surface area contributed by atoms with Crippen molar-refractivity contribution < 1.29 is 34.2 Å². The van der Waals surface area contributed by atoms with Gasteiger partial charge in [-0.1, -0.05) is 18.2 Å². The third-order valence-corrected chi connectivity index (χ3v) is 8.52. The van der Waals surface area contributed by atoms with Crippen LogP contribution in [0.5, 0.6) is 5.75 Å². The van der Waals surface area contributed by atoms with E-state index in [1.807, 2.05) is 31.2 Å². The Kier molecular flexibility index (Phi) is 6.43. The summed E-state index contributed by atoms with van der Waals surface area (Å²) >= 11 is 0. The molecular formula is C29H31N3O7. The maximum Gasteiger partial charge on any atom is 0.235 e. The number of rotatable bonds is 5. The Morgan fingerprint density at radius 2 is 1.74 bits per heavy atom. The number of phenolic OH excluding ortho intramolecular Hbond substituents is 1. The number of aromatic hydroxyl groups is 1. The number of primary amides is 1. The summed E-state index contributed by atoms with van der Waals surface area (Å²) in [4.78, 5) is 67.8. The van der Waals surface area contributed by atoms with Crippen molar-refractivity contribution in [2.75, 3.05) is 26.0 Å². The van der Waals surface area contributed by atoms with Crippen LogP contribution in [0.1, 0.15) is 29.3 Å². The summed E-state index contributed by atoms with van der Waals surface area (Å²) in [5.74, 6) is -10.5. The number of nitrogens with one attached hydrogen (secondary N) is 1. The first-order chi connectivity index (χ1) is 18.4. The van der Waals surface area contributed by atoms with E-state index in [2.05, 4.69) is 5.32 Å². The fraction of sp³-hybridized carbons (Fsp3) is 0.414. The number of anilines is 1. The topological polar surface area (TPSA) is 167 Å². The van der Waals surface area contributed by atoms with Crippen LogP contribution in [0.2, 0.25) is 0 Å². The average Bonchev–Trinajstić information content (AvgIpc) is 2.87. The predicted molar refractivity (Wildman–Crippen MR) is 141 cm³/mol. The molecule has 3 aliphatic rings. The minimum absolute atomic E-state index is 0.0123. The molecular weight excluding hydrogens is 502 g/mol. The Morgan fingerprint density at radius 3 is 2.33 bits per heavy atom. The molecule has 0 bridgehead atoms. The third-order valence-electron chi connectivity index (χ3n) is 8.52. The van der Waals surface area contributed by atoms with Crippen LogP contribution in [0.4, 0.5) is 5.69 Å². The Morgan fingerprint density at radius 1 is 1.08 bits per heavy atom. The number of amides is 1. The highest BCUT2D eigenvalue weighted by molar-refractivity contribution is 6.32. The Hall–Kier alpha value is -3.89. The van der Waals surface area contributed by atoms with Gasteiger partial charge in [0.05, 0.1) is 17.5 Å². The van der Waals surface area contributed by atoms with E-state index in [1.54, 1.807) is 20.2 Å². The van der Waals surface area contributed by atoms with E-state index in [-0.39, 0.29) is 24.2 Å². The number of ketones is 4. The van der Waals surface area contributed by atoms with E-state index in [0.29, 0.717) is 5.56 Å². The molecule has 204 valence electrons. The minimum atomic E-state index is -2.73. The van der Waals surface area contributed by atoms with E-state index >= 15 is 0 Å². The van der Waals surface area contributed by atoms with Gasteiger partial charge in [0.1, 0.15) is 5.75 Å². The van der Waals surface area contributed by atoms with E-state index in [9.17, 15) is 34.2 Å². The number of aliphatic hydroxyl groups is 1. The standard InChI is InChI=1S/C29H31N3O7/c1-4-31-15-7-5-13(6-8-15)16-9-10-19(33)21-17(16)11-14-12-18-23(32(2)3)25(35)22(28(30)38)27(37)29(18,39)26(36)20(14)24(21)34/h5-10,14,18,20,22-23,31,33,39H,4,11-12H2,1-3H3,(H2,30,38)/t14-,18-,20?,22?,23-,29-/m0/s1. The van der Waals surface area contributed by atoms with Crippen LogP contribution < -0.4 is 11.1 Å². The molecule has 2 unspecified atom stereocenters. The van der Waals surface area contributed by atoms with Crippen molar-refractivity contribution in [3.05, 3.63) is 47.5 Å². The molecule has 0 aliphatic heterocycles. The zero-order valence-electron chi connectivity index (χ0n) is 21.9. The summed E-state index contributed by atoms with van der Waals surface area (Å²) in [6.45, 7) is 2.74. The summed E-state index contributed by atoms with van der Waals surface area (Å²) in [6, 6.07) is 9.60. The number of hydrogen-bond donors (Lipinski definition) is 4. The number of Topliss-reactive ketones (excluding diaryl/α,β-unsaturated/α-hetero) is 4. The fourth-order valence-electron chi connectivity index (χ4n) is 6.85. The van der Waals surface area contributed by atoms with Crippen molar-refractivity contribution in [2.24, 2.45) is 29.4 Å². The maximum absolute atomic E-state index is 13.9. The summed E-state index contributed by atoms with van der Waals surface area (Å²) in [6.07, 6.45) is 0.225. The van der Waals surface area contributed by atoms with E-state index < -0.39 is 64.4 Å². The van der Waals surface area contributed by atoms with Crippen molar-refractivity contribution in [2.45, 2.75) is 31.4 Å². The van der Waals surface area contributed by atoms with Crippen molar-refractivity contribution >= 4 is 34.7 Å². The van der Waals surface area contributed by atoms with E-state index in [0.717, 1.165) is 23.4 Å². The zero-order valence-corrected chi connectivity index (χ0v) is 21.9. The van der Waals surface area contributed by atoms with E-state index in [1.165, 1.54) is 11.0 Å². The first-order valence-corrected chi connectivity index (χ1v) is 13.0. The molecule has 10 nitrogen and oxygen atoms in total. The van der Waals surface area contributed by atoms with Crippen molar-refractivity contribution in [1.82, 2.24) is 4.90 Å². The molecule has 0 heterocycles. The first kappa shape index (κ1) is 26.7. The summed E-state index contributed by atoms with van der Waals surface area (Å²) in [7, 11) is 3.11. The summed E-state index contributed by atoms with van der Waals surface area (Å²) in [5, 5.41) is 25.6. The molecule has 39 heavy (non-hydrogen) atoms. The lowest BCUT2D eigenvalue weighted by Gasteiger charge is -2.52. The molecule has 2 aromatic carbocycles. The van der Waals surface area contributed by atoms with Crippen LogP contribution in [-0.2, 0) is 25.6 Å². The van der Waals surface area contributed by atoms with Gasteiger partial charge in [-0.2, -0.15) is 0 Å². The summed E-state index contributed by atoms with van der Waals surface area (Å²) in [5.41, 5.74) is 5.64. The smallest absolute Gasteiger partial charge is 0.235 e. The zero-order chi connectivity index (χ0) is 28.4. The highest BCUT2D eigenvalue weighted by Gasteiger charge is 2.69. The van der Waals surface area contributed by atoms with Crippen LogP contribution in [0.3, 0.4) is 0 Å². The number of nitrogens with two attached hydrogens (primary N) is 1. The normalized spacial score (nSPS) is 30.0. The van der Waals surface area contributed by atoms with Gasteiger partial charge in [0.25, 0.3) is 0 Å². The molecule has 5 rings (SSSR count). The van der Waals surface area contributed by atoms with Gasteiger partial charge in [-0.05, 0) is 74.7 Å². The maximum atomic E-state index is 13.9. The number of hydrogen-bond acceptors (Lipinski definition) is 9. The molecule has 0 spiro atoms. The number of fused-ring (bicyclic) bond motifs is 3. The van der Waals surface area contributed by atoms with Gasteiger partial charge in [-0.3, -0.25) is 28.9 Å². The average molecular weight is 534 g/mol. The SMILES string of the molecule is CCNc1ccc(-c2ccc(O)c3c2C[C@H]2C[C@H]4[C@H](N(C)C)C(=O)C(C(N)=O)C(=O)[C@@]4(O)C(=O)C2C3=O)cc1. The molecule has 1 amide bonds. The molecule has 10 heteroatoms. The predicted octanol–water partition coefficient (Wildman–Crippen LogP) is 0.966. The molecule has 0 radical (unpaired) electrons. The number of carbonyl (C=O) groups is 5. The highest BCUT2D eigenvalue weighted by Crippen LogP contribution is 2.51. The quantitative estimate of drug-likeness (QED) is 0.409. The summed E-state index contributed by atoms with van der Waals surface area (Å²) < 4.78 is 0. The van der Waals surface area contributed by atoms with Gasteiger partial charge in [0.2, 0.25) is 5.91 Å². The lowest BCUT2D eigenvalue weighted by Crippen LogP contribution is -2.74. The number of carbonyl (C=O) groups excluding carboxylic acids is 5.